The number of piperazine rings is 1. The molecule has 1 aliphatic carbocycles. The predicted octanol–water partition coefficient (Wildman–Crippen LogP) is 4.16. The third kappa shape index (κ3) is 6.46. The van der Waals surface area contributed by atoms with Crippen molar-refractivity contribution in [2.24, 2.45) is 0 Å². The van der Waals surface area contributed by atoms with Crippen LogP contribution in [-0.2, 0) is 6.54 Å². The van der Waals surface area contributed by atoms with E-state index in [9.17, 15) is 28.3 Å². The van der Waals surface area contributed by atoms with Crippen molar-refractivity contribution >= 4 is 22.6 Å². The van der Waals surface area contributed by atoms with Crippen molar-refractivity contribution in [3.63, 3.8) is 0 Å². The Kier molecular flexibility index (Phi) is 8.85. The Bertz CT molecular complexity index is 2440. The first-order valence-corrected chi connectivity index (χ1v) is 17.4. The predicted molar refractivity (Wildman–Crippen MR) is 191 cm³/mol. The number of halogens is 2. The fourth-order valence-electron chi connectivity index (χ4n) is 7.41. The Morgan fingerprint density at radius 2 is 1.75 bits per heavy atom. The van der Waals surface area contributed by atoms with E-state index < -0.39 is 34.8 Å². The summed E-state index contributed by atoms with van der Waals surface area (Å²) in [6.07, 6.45) is 5.43. The number of pyridine rings is 2. The second-order valence-electron chi connectivity index (χ2n) is 13.5. The van der Waals surface area contributed by atoms with Gasteiger partial charge in [0.25, 0.3) is 11.5 Å². The molecule has 2 aromatic carbocycles. The van der Waals surface area contributed by atoms with Crippen LogP contribution in [0, 0.1) is 11.6 Å². The minimum Gasteiger partial charge on any atom is -0.507 e. The minimum atomic E-state index is -0.706. The third-order valence-corrected chi connectivity index (χ3v) is 10.0. The lowest BCUT2D eigenvalue weighted by Gasteiger charge is -2.30. The van der Waals surface area contributed by atoms with E-state index in [1.165, 1.54) is 38.1 Å². The summed E-state index contributed by atoms with van der Waals surface area (Å²) in [6.45, 7) is 4.43. The molecule has 0 atom stereocenters. The molecule has 0 radical (unpaired) electrons. The largest absolute Gasteiger partial charge is 0.507 e. The topological polar surface area (TPSA) is 139 Å². The molecule has 2 fully saturated rings. The summed E-state index contributed by atoms with van der Waals surface area (Å²) >= 11 is 0. The van der Waals surface area contributed by atoms with Gasteiger partial charge in [0.05, 0.1) is 17.3 Å². The molecule has 6 aromatic rings. The van der Waals surface area contributed by atoms with Crippen LogP contribution in [0.2, 0.25) is 0 Å². The molecule has 4 aromatic heterocycles. The van der Waals surface area contributed by atoms with Crippen molar-refractivity contribution in [3.05, 3.63) is 123 Å². The summed E-state index contributed by atoms with van der Waals surface area (Å²) in [4.78, 5) is 51.9. The summed E-state index contributed by atoms with van der Waals surface area (Å²) in [5, 5.41) is 17.4. The zero-order valence-electron chi connectivity index (χ0n) is 28.1. The summed E-state index contributed by atoms with van der Waals surface area (Å²) in [5.74, 6) is -1.46. The van der Waals surface area contributed by atoms with Gasteiger partial charge in [0, 0.05) is 62.8 Å². The standard InChI is InChI=1S/C38H36F2N8O4/c39-25-5-11-34-44-32(22-46(34)21-25)36(50)43-27-6-8-28(9-7-27)48-37(51)31-18-26(40)19-42-35(31)47(38(48)52)29-3-1-2-24(17-29)30-10-4-23(16-33(30)49)20-45-14-12-41-13-15-45/h1-5,10-11,16-19,21-22,27-28,41,49H,6-9,12-15,20H2,(H,43,50). The first kappa shape index (κ1) is 33.4. The lowest BCUT2D eigenvalue weighted by molar-refractivity contribution is 0.0917. The number of hydrogen-bond donors (Lipinski definition) is 3. The normalized spacial score (nSPS) is 18.2. The van der Waals surface area contributed by atoms with Crippen molar-refractivity contribution in [1.82, 2.24) is 39.0 Å². The van der Waals surface area contributed by atoms with Crippen LogP contribution >= 0.6 is 0 Å². The fourth-order valence-corrected chi connectivity index (χ4v) is 7.41. The number of aromatic nitrogens is 5. The number of fused-ring (bicyclic) bond motifs is 2. The monoisotopic (exact) mass is 706 g/mol. The molecule has 0 spiro atoms. The van der Waals surface area contributed by atoms with Crippen LogP contribution in [0.25, 0.3) is 33.5 Å². The average molecular weight is 707 g/mol. The second kappa shape index (κ2) is 13.8. The number of phenols is 1. The molecule has 3 N–H and O–H groups in total. The first-order valence-electron chi connectivity index (χ1n) is 17.4. The number of carbonyl (C=O) groups is 1. The summed E-state index contributed by atoms with van der Waals surface area (Å²) < 4.78 is 32.1. The van der Waals surface area contributed by atoms with Gasteiger partial charge in [0.1, 0.15) is 28.7 Å². The highest BCUT2D eigenvalue weighted by molar-refractivity contribution is 5.93. The van der Waals surface area contributed by atoms with Gasteiger partial charge in [-0.15, -0.1) is 0 Å². The molecule has 52 heavy (non-hydrogen) atoms. The highest BCUT2D eigenvalue weighted by Gasteiger charge is 2.29. The summed E-state index contributed by atoms with van der Waals surface area (Å²) in [7, 11) is 0. The van der Waals surface area contributed by atoms with Crippen molar-refractivity contribution in [3.8, 4) is 22.6 Å². The van der Waals surface area contributed by atoms with Gasteiger partial charge in [-0.3, -0.25) is 19.1 Å². The van der Waals surface area contributed by atoms with Crippen LogP contribution in [0.1, 0.15) is 47.8 Å². The van der Waals surface area contributed by atoms with Gasteiger partial charge in [-0.25, -0.2) is 28.1 Å². The lowest BCUT2D eigenvalue weighted by Crippen LogP contribution is -2.45. The van der Waals surface area contributed by atoms with Gasteiger partial charge in [-0.05, 0) is 73.2 Å². The molecule has 0 unspecified atom stereocenters. The molecular weight excluding hydrogens is 670 g/mol. The minimum absolute atomic E-state index is 0.0219. The number of aromatic hydroxyl groups is 1. The quantitative estimate of drug-likeness (QED) is 0.225. The van der Waals surface area contributed by atoms with Crippen molar-refractivity contribution < 1.29 is 18.7 Å². The Morgan fingerprint density at radius 1 is 0.942 bits per heavy atom. The first-order chi connectivity index (χ1) is 25.2. The highest BCUT2D eigenvalue weighted by atomic mass is 19.1. The van der Waals surface area contributed by atoms with Crippen LogP contribution in [0.4, 0.5) is 8.78 Å². The molecule has 1 aliphatic heterocycles. The SMILES string of the molecule is O=C(NC1CCC(n2c(=O)c3cc(F)cnc3n(-c3cccc(-c4ccc(CN5CCNCC5)cc4O)c3)c2=O)CC1)c1cn2cc(F)ccc2n1. The number of phenolic OH excluding ortho intramolecular Hbond substituents is 1. The number of nitrogens with zero attached hydrogens (tertiary/aromatic N) is 6. The third-order valence-electron chi connectivity index (χ3n) is 10.0. The summed E-state index contributed by atoms with van der Waals surface area (Å²) in [6, 6.07) is 15.7. The van der Waals surface area contributed by atoms with Gasteiger partial charge in [-0.1, -0.05) is 24.3 Å². The number of imidazole rings is 1. The van der Waals surface area contributed by atoms with Crippen LogP contribution in [-0.4, -0.2) is 71.6 Å². The maximum absolute atomic E-state index is 14.5. The zero-order chi connectivity index (χ0) is 35.9. The Morgan fingerprint density at radius 3 is 2.54 bits per heavy atom. The Balaban J connectivity index is 1.07. The molecule has 5 heterocycles. The maximum atomic E-state index is 14.5. The number of rotatable bonds is 7. The van der Waals surface area contributed by atoms with Crippen LogP contribution in [0.15, 0.2) is 88.8 Å². The molecule has 2 aliphatic rings. The van der Waals surface area contributed by atoms with E-state index in [0.717, 1.165) is 50.6 Å². The van der Waals surface area contributed by atoms with Crippen LogP contribution < -0.4 is 21.9 Å². The molecule has 8 rings (SSSR count). The zero-order valence-corrected chi connectivity index (χ0v) is 28.1. The smallest absolute Gasteiger partial charge is 0.337 e. The number of nitrogens with one attached hydrogen (secondary N) is 2. The van der Waals surface area contributed by atoms with E-state index in [-0.39, 0.29) is 28.5 Å². The van der Waals surface area contributed by atoms with E-state index in [1.54, 1.807) is 24.3 Å². The second-order valence-corrected chi connectivity index (χ2v) is 13.5. The summed E-state index contributed by atoms with van der Waals surface area (Å²) in [5.41, 5.74) is 1.97. The molecule has 1 saturated heterocycles. The maximum Gasteiger partial charge on any atom is 0.337 e. The average Bonchev–Trinajstić information content (AvgIpc) is 3.57. The Labute approximate surface area is 296 Å². The van der Waals surface area contributed by atoms with Gasteiger partial charge < -0.3 is 20.1 Å². The van der Waals surface area contributed by atoms with Crippen molar-refractivity contribution in [2.45, 2.75) is 44.3 Å². The van der Waals surface area contributed by atoms with E-state index in [1.807, 2.05) is 18.2 Å². The van der Waals surface area contributed by atoms with Gasteiger partial charge in [0.15, 0.2) is 5.65 Å². The van der Waals surface area contributed by atoms with Gasteiger partial charge in [-0.2, -0.15) is 0 Å². The molecule has 1 amide bonds. The molecule has 12 nitrogen and oxygen atoms in total. The number of amides is 1. The van der Waals surface area contributed by atoms with E-state index in [4.69, 9.17) is 0 Å². The van der Waals surface area contributed by atoms with Gasteiger partial charge in [0.2, 0.25) is 0 Å². The number of carbonyl (C=O) groups excluding carboxylic acids is 1. The van der Waals surface area contributed by atoms with Crippen LogP contribution in [0.5, 0.6) is 5.75 Å². The molecule has 14 heteroatoms. The fraction of sp³-hybridized carbons (Fsp3) is 0.289. The Hall–Kier alpha value is -5.73. The highest BCUT2D eigenvalue weighted by Crippen LogP contribution is 2.32. The van der Waals surface area contributed by atoms with Crippen LogP contribution in [0.3, 0.4) is 0 Å². The number of benzene rings is 2. The van der Waals surface area contributed by atoms with E-state index >= 15 is 0 Å². The number of hydrogen-bond acceptors (Lipinski definition) is 8. The van der Waals surface area contributed by atoms with Crippen molar-refractivity contribution in [2.75, 3.05) is 26.2 Å². The molecule has 0 bridgehead atoms. The molecule has 266 valence electrons. The van der Waals surface area contributed by atoms with E-state index in [2.05, 4.69) is 25.5 Å². The van der Waals surface area contributed by atoms with Crippen molar-refractivity contribution in [1.29, 1.82) is 0 Å². The molecule has 1 saturated carbocycles. The van der Waals surface area contributed by atoms with E-state index in [0.29, 0.717) is 48.1 Å². The van der Waals surface area contributed by atoms with Gasteiger partial charge >= 0.3 is 5.69 Å². The molecular formula is C38H36F2N8O4. The lowest BCUT2D eigenvalue weighted by atomic mass is 9.90.